The molecule has 7 aromatic carbocycles. The second-order valence-corrected chi connectivity index (χ2v) is 12.4. The van der Waals surface area contributed by atoms with Gasteiger partial charge < -0.3 is 0 Å². The second-order valence-electron chi connectivity index (χ2n) is 12.4. The fourth-order valence-corrected chi connectivity index (χ4v) is 7.65. The third kappa shape index (κ3) is 3.83. The number of halogens is 2. The highest BCUT2D eigenvalue weighted by Crippen LogP contribution is 2.48. The number of amides is 4. The van der Waals surface area contributed by atoms with E-state index in [4.69, 9.17) is 0 Å². The molecule has 2 heterocycles. The van der Waals surface area contributed by atoms with Gasteiger partial charge in [0, 0.05) is 51.1 Å². The zero-order chi connectivity index (χ0) is 32.8. The topological polar surface area (TPSA) is 74.8 Å². The average Bonchev–Trinajstić information content (AvgIpc) is 3.10. The molecule has 0 radical (unpaired) electrons. The van der Waals surface area contributed by atoms with Gasteiger partial charge in [-0.1, -0.05) is 72.8 Å². The predicted octanol–water partition coefficient (Wildman–Crippen LogP) is 7.69. The first kappa shape index (κ1) is 28.2. The Balaban J connectivity index is 1.23. The lowest BCUT2D eigenvalue weighted by molar-refractivity contribution is 0.0596. The maximum absolute atomic E-state index is 16.4. The van der Waals surface area contributed by atoms with Gasteiger partial charge in [-0.25, -0.2) is 8.78 Å². The van der Waals surface area contributed by atoms with Crippen molar-refractivity contribution in [1.82, 2.24) is 9.80 Å². The van der Waals surface area contributed by atoms with Crippen LogP contribution in [0.3, 0.4) is 0 Å². The van der Waals surface area contributed by atoms with Gasteiger partial charge in [0.05, 0.1) is 11.1 Å². The molecule has 0 bridgehead atoms. The van der Waals surface area contributed by atoms with Crippen LogP contribution in [0.1, 0.15) is 52.6 Å². The third-order valence-electron chi connectivity index (χ3n) is 9.84. The van der Waals surface area contributed by atoms with E-state index in [2.05, 4.69) is 0 Å². The highest BCUT2D eigenvalue weighted by molar-refractivity contribution is 6.41. The SMILES string of the molecule is O=C1c2ccc3c4c(F)cc5c6c(cc(F)c(c7ccc(c2c37)C(=O)N1CCc1ccccc1)c64)C(=O)N(CCc1ccccc1)C5=O. The lowest BCUT2D eigenvalue weighted by Crippen LogP contribution is -2.41. The van der Waals surface area contributed by atoms with E-state index in [1.807, 2.05) is 60.7 Å². The van der Waals surface area contributed by atoms with Crippen LogP contribution in [0.25, 0.3) is 43.1 Å². The van der Waals surface area contributed by atoms with E-state index in [0.717, 1.165) is 28.2 Å². The van der Waals surface area contributed by atoms with Crippen LogP contribution in [0.5, 0.6) is 0 Å². The lowest BCUT2D eigenvalue weighted by Gasteiger charge is -2.30. The molecule has 48 heavy (non-hydrogen) atoms. The Hall–Kier alpha value is -6.02. The van der Waals surface area contributed by atoms with Crippen molar-refractivity contribution in [1.29, 1.82) is 0 Å². The van der Waals surface area contributed by atoms with E-state index in [1.165, 1.54) is 4.90 Å². The van der Waals surface area contributed by atoms with Gasteiger partial charge in [-0.2, -0.15) is 0 Å². The fourth-order valence-electron chi connectivity index (χ4n) is 7.65. The molecule has 232 valence electrons. The highest BCUT2D eigenvalue weighted by Gasteiger charge is 2.38. The van der Waals surface area contributed by atoms with Crippen molar-refractivity contribution in [3.63, 3.8) is 0 Å². The molecule has 0 atom stereocenters. The van der Waals surface area contributed by atoms with E-state index in [9.17, 15) is 19.2 Å². The largest absolute Gasteiger partial charge is 0.274 e. The second kappa shape index (κ2) is 10.2. The molecule has 0 saturated carbocycles. The summed E-state index contributed by atoms with van der Waals surface area (Å²) in [6.45, 7) is 0.223. The number of fused-ring (bicyclic) bond motifs is 2. The summed E-state index contributed by atoms with van der Waals surface area (Å²) in [6.07, 6.45) is 0.865. The minimum atomic E-state index is -0.759. The van der Waals surface area contributed by atoms with Crippen LogP contribution in [0.2, 0.25) is 0 Å². The van der Waals surface area contributed by atoms with Crippen molar-refractivity contribution in [2.75, 3.05) is 13.1 Å². The van der Waals surface area contributed by atoms with Crippen LogP contribution in [-0.2, 0) is 12.8 Å². The van der Waals surface area contributed by atoms with Crippen molar-refractivity contribution in [2.45, 2.75) is 12.8 Å². The van der Waals surface area contributed by atoms with E-state index in [0.29, 0.717) is 34.4 Å². The van der Waals surface area contributed by atoms with Crippen molar-refractivity contribution in [2.24, 2.45) is 0 Å². The Labute approximate surface area is 272 Å². The fraction of sp³-hybridized carbons (Fsp3) is 0.100. The molecule has 0 fully saturated rings. The Morgan fingerprint density at radius 1 is 0.417 bits per heavy atom. The summed E-state index contributed by atoms with van der Waals surface area (Å²) < 4.78 is 32.8. The van der Waals surface area contributed by atoms with Crippen molar-refractivity contribution in [3.8, 4) is 0 Å². The molecule has 2 aliphatic heterocycles. The van der Waals surface area contributed by atoms with Crippen molar-refractivity contribution < 1.29 is 28.0 Å². The molecule has 6 nitrogen and oxygen atoms in total. The van der Waals surface area contributed by atoms with Gasteiger partial charge in [0.2, 0.25) is 0 Å². The summed E-state index contributed by atoms with van der Waals surface area (Å²) in [5.41, 5.74) is 2.42. The van der Waals surface area contributed by atoms with E-state index in [-0.39, 0.29) is 56.9 Å². The van der Waals surface area contributed by atoms with E-state index >= 15 is 8.78 Å². The predicted molar refractivity (Wildman–Crippen MR) is 179 cm³/mol. The number of hydrogen-bond acceptors (Lipinski definition) is 4. The molecular weight excluding hydrogens is 610 g/mol. The van der Waals surface area contributed by atoms with Crippen LogP contribution < -0.4 is 0 Å². The Morgan fingerprint density at radius 2 is 0.812 bits per heavy atom. The molecular formula is C40H24F2N2O4. The molecule has 4 amide bonds. The summed E-state index contributed by atoms with van der Waals surface area (Å²) in [7, 11) is 0. The van der Waals surface area contributed by atoms with Crippen LogP contribution in [0.15, 0.2) is 97.1 Å². The number of carbonyl (C=O) groups excluding carboxylic acids is 4. The van der Waals surface area contributed by atoms with Crippen LogP contribution in [0, 0.1) is 11.6 Å². The van der Waals surface area contributed by atoms with E-state index in [1.54, 1.807) is 24.3 Å². The summed E-state index contributed by atoms with van der Waals surface area (Å²) >= 11 is 0. The minimum absolute atomic E-state index is 0.0105. The van der Waals surface area contributed by atoms with Gasteiger partial charge in [0.1, 0.15) is 11.6 Å². The van der Waals surface area contributed by atoms with Gasteiger partial charge in [0.15, 0.2) is 0 Å². The molecule has 0 aliphatic carbocycles. The number of nitrogens with zero attached hydrogens (tertiary/aromatic N) is 2. The number of hydrogen-bond donors (Lipinski definition) is 0. The molecule has 0 N–H and O–H groups in total. The zero-order valence-corrected chi connectivity index (χ0v) is 25.3. The van der Waals surface area contributed by atoms with E-state index < -0.39 is 35.3 Å². The minimum Gasteiger partial charge on any atom is -0.274 e. The smallest absolute Gasteiger partial charge is 0.261 e. The molecule has 2 aliphatic rings. The van der Waals surface area contributed by atoms with Gasteiger partial charge in [0.25, 0.3) is 23.6 Å². The monoisotopic (exact) mass is 634 g/mol. The van der Waals surface area contributed by atoms with Crippen LogP contribution in [0.4, 0.5) is 8.78 Å². The molecule has 7 aromatic rings. The van der Waals surface area contributed by atoms with Gasteiger partial charge in [-0.3, -0.25) is 29.0 Å². The first-order chi connectivity index (χ1) is 23.3. The molecule has 0 spiro atoms. The van der Waals surface area contributed by atoms with Crippen LogP contribution >= 0.6 is 0 Å². The quantitative estimate of drug-likeness (QED) is 0.107. The third-order valence-corrected chi connectivity index (χ3v) is 9.84. The molecule has 0 unspecified atom stereocenters. The van der Waals surface area contributed by atoms with Gasteiger partial charge in [-0.05, 0) is 64.4 Å². The Morgan fingerprint density at radius 3 is 1.25 bits per heavy atom. The average molecular weight is 635 g/mol. The number of imide groups is 2. The summed E-state index contributed by atoms with van der Waals surface area (Å²) in [5, 5.41) is 1.86. The number of carbonyl (C=O) groups is 4. The standard InChI is InChI=1S/C40H24F2N2O4/c41-29-19-27-33-28(40(48)44(39(27)47)18-16-22-9-5-2-6-10-22)20-30(42)35-24-12-14-26-32-25(13-11-23(31(24)32)34(29)36(33)35)37(45)43(38(26)46)17-15-21-7-3-1-4-8-21/h1-14,19-20H,15-18H2. The van der Waals surface area contributed by atoms with Gasteiger partial charge >= 0.3 is 0 Å². The van der Waals surface area contributed by atoms with Crippen molar-refractivity contribution >= 4 is 66.7 Å². The number of benzene rings is 7. The molecule has 0 saturated heterocycles. The van der Waals surface area contributed by atoms with Crippen LogP contribution in [-0.4, -0.2) is 46.5 Å². The maximum atomic E-state index is 16.4. The number of rotatable bonds is 6. The van der Waals surface area contributed by atoms with Gasteiger partial charge in [-0.15, -0.1) is 0 Å². The summed E-state index contributed by atoms with van der Waals surface area (Å²) in [5.74, 6) is -3.76. The lowest BCUT2D eigenvalue weighted by atomic mass is 9.81. The molecule has 8 heteroatoms. The normalized spacial score (nSPS) is 14.5. The first-order valence-electron chi connectivity index (χ1n) is 15.7. The molecule has 0 aromatic heterocycles. The highest BCUT2D eigenvalue weighted by atomic mass is 19.1. The maximum Gasteiger partial charge on any atom is 0.261 e. The Bertz CT molecular complexity index is 2440. The molecule has 9 rings (SSSR count). The Kier molecular flexibility index (Phi) is 6.02. The van der Waals surface area contributed by atoms with Crippen molar-refractivity contribution in [3.05, 3.63) is 142 Å². The summed E-state index contributed by atoms with van der Waals surface area (Å²) in [4.78, 5) is 57.4. The first-order valence-corrected chi connectivity index (χ1v) is 15.7. The zero-order valence-electron chi connectivity index (χ0n) is 25.3. The summed E-state index contributed by atoms with van der Waals surface area (Å²) in [6, 6.07) is 27.5.